The zero-order chi connectivity index (χ0) is 14.3. The van der Waals surface area contributed by atoms with Crippen molar-refractivity contribution in [2.75, 3.05) is 7.11 Å². The smallest absolute Gasteiger partial charge is 0.163 e. The van der Waals surface area contributed by atoms with E-state index in [-0.39, 0.29) is 0 Å². The molecule has 0 atom stereocenters. The number of hydrogen-bond donors (Lipinski definition) is 0. The van der Waals surface area contributed by atoms with E-state index >= 15 is 0 Å². The van der Waals surface area contributed by atoms with E-state index in [1.807, 2.05) is 6.92 Å². The molecule has 5 heteroatoms. The van der Waals surface area contributed by atoms with Gasteiger partial charge >= 0.3 is 0 Å². The normalized spacial score (nSPS) is 21.4. The van der Waals surface area contributed by atoms with E-state index in [0.29, 0.717) is 21.5 Å². The highest BCUT2D eigenvalue weighted by atomic mass is 35.5. The highest BCUT2D eigenvalue weighted by molar-refractivity contribution is 6.34. The Morgan fingerprint density at radius 3 is 1.89 bits per heavy atom. The van der Waals surface area contributed by atoms with Gasteiger partial charge in [-0.2, -0.15) is 0 Å². The van der Waals surface area contributed by atoms with Crippen LogP contribution < -0.4 is 0 Å². The van der Waals surface area contributed by atoms with E-state index in [9.17, 15) is 0 Å². The third-order valence-corrected chi connectivity index (χ3v) is 4.97. The molecule has 1 saturated carbocycles. The van der Waals surface area contributed by atoms with Gasteiger partial charge in [0.1, 0.15) is 15.9 Å². The SMILES string of the molecule is COC1(c2nc(Cl)c(C)c(Cl)n2)CCC(C)(C)CC1. The quantitative estimate of drug-likeness (QED) is 0.753. The lowest BCUT2D eigenvalue weighted by Crippen LogP contribution is -2.38. The summed E-state index contributed by atoms with van der Waals surface area (Å²) in [7, 11) is 1.71. The molecule has 1 aliphatic rings. The molecule has 0 saturated heterocycles. The standard InChI is InChI=1S/C14H20Cl2N2O/c1-9-10(15)17-12(18-11(9)16)14(19-4)7-5-13(2,3)6-8-14/h5-8H2,1-4H3. The minimum Gasteiger partial charge on any atom is -0.370 e. The Labute approximate surface area is 124 Å². The third kappa shape index (κ3) is 2.88. The fourth-order valence-corrected chi connectivity index (χ4v) is 2.90. The number of hydrogen-bond acceptors (Lipinski definition) is 3. The molecule has 2 rings (SSSR count). The molecular weight excluding hydrogens is 283 g/mol. The second-order valence-electron chi connectivity index (χ2n) is 6.12. The zero-order valence-corrected chi connectivity index (χ0v) is 13.4. The lowest BCUT2D eigenvalue weighted by Gasteiger charge is -2.41. The van der Waals surface area contributed by atoms with Crippen LogP contribution in [0.2, 0.25) is 10.3 Å². The first-order valence-corrected chi connectivity index (χ1v) is 7.30. The van der Waals surface area contributed by atoms with Crippen molar-refractivity contribution in [3.05, 3.63) is 21.7 Å². The minimum absolute atomic E-state index is 0.348. The first-order valence-electron chi connectivity index (χ1n) is 6.55. The van der Waals surface area contributed by atoms with Crippen molar-refractivity contribution in [1.29, 1.82) is 0 Å². The summed E-state index contributed by atoms with van der Waals surface area (Å²) in [5.41, 5.74) is 0.617. The summed E-state index contributed by atoms with van der Waals surface area (Å²) in [4.78, 5) is 8.79. The van der Waals surface area contributed by atoms with Crippen molar-refractivity contribution >= 4 is 23.2 Å². The zero-order valence-electron chi connectivity index (χ0n) is 11.9. The first kappa shape index (κ1) is 15.0. The van der Waals surface area contributed by atoms with Gasteiger partial charge in [0.25, 0.3) is 0 Å². The second kappa shape index (κ2) is 5.19. The van der Waals surface area contributed by atoms with Gasteiger partial charge in [-0.05, 0) is 38.0 Å². The van der Waals surface area contributed by atoms with Crippen molar-refractivity contribution in [2.24, 2.45) is 5.41 Å². The molecule has 0 unspecified atom stereocenters. The summed E-state index contributed by atoms with van der Waals surface area (Å²) in [6, 6.07) is 0. The monoisotopic (exact) mass is 302 g/mol. The predicted molar refractivity (Wildman–Crippen MR) is 77.7 cm³/mol. The number of ether oxygens (including phenoxy) is 1. The summed E-state index contributed by atoms with van der Waals surface area (Å²) in [5.74, 6) is 0.617. The fraction of sp³-hybridized carbons (Fsp3) is 0.714. The Morgan fingerprint density at radius 1 is 1.00 bits per heavy atom. The maximum atomic E-state index is 6.12. The molecule has 106 valence electrons. The Balaban J connectivity index is 2.38. The molecule has 19 heavy (non-hydrogen) atoms. The maximum Gasteiger partial charge on any atom is 0.163 e. The second-order valence-corrected chi connectivity index (χ2v) is 6.83. The van der Waals surface area contributed by atoms with Gasteiger partial charge in [-0.3, -0.25) is 0 Å². The van der Waals surface area contributed by atoms with Gasteiger partial charge < -0.3 is 4.74 Å². The van der Waals surface area contributed by atoms with Crippen molar-refractivity contribution in [3.63, 3.8) is 0 Å². The highest BCUT2D eigenvalue weighted by Gasteiger charge is 2.42. The van der Waals surface area contributed by atoms with Crippen LogP contribution in [0.5, 0.6) is 0 Å². The molecule has 0 radical (unpaired) electrons. The maximum absolute atomic E-state index is 6.12. The van der Waals surface area contributed by atoms with E-state index < -0.39 is 5.60 Å². The van der Waals surface area contributed by atoms with Crippen LogP contribution >= 0.6 is 23.2 Å². The predicted octanol–water partition coefficient (Wildman–Crippen LogP) is 4.53. The fourth-order valence-electron chi connectivity index (χ4n) is 2.52. The average molecular weight is 303 g/mol. The van der Waals surface area contributed by atoms with E-state index in [1.54, 1.807) is 7.11 Å². The van der Waals surface area contributed by atoms with Crippen molar-refractivity contribution in [2.45, 2.75) is 52.1 Å². The molecule has 3 nitrogen and oxygen atoms in total. The third-order valence-electron chi connectivity index (χ3n) is 4.24. The van der Waals surface area contributed by atoms with E-state index in [2.05, 4.69) is 23.8 Å². The van der Waals surface area contributed by atoms with Crippen molar-refractivity contribution in [3.8, 4) is 0 Å². The molecule has 0 amide bonds. The summed E-state index contributed by atoms with van der Waals surface area (Å²) < 4.78 is 5.77. The number of nitrogens with zero attached hydrogens (tertiary/aromatic N) is 2. The highest BCUT2D eigenvalue weighted by Crippen LogP contribution is 2.46. The molecule has 1 aromatic heterocycles. The van der Waals surface area contributed by atoms with E-state index in [1.165, 1.54) is 0 Å². The Kier molecular flexibility index (Phi) is 4.10. The molecule has 1 fully saturated rings. The number of halogens is 2. The van der Waals surface area contributed by atoms with Crippen LogP contribution in [-0.2, 0) is 10.3 Å². The van der Waals surface area contributed by atoms with Crippen LogP contribution in [-0.4, -0.2) is 17.1 Å². The van der Waals surface area contributed by atoms with Gasteiger partial charge in [0.05, 0.1) is 0 Å². The summed E-state index contributed by atoms with van der Waals surface area (Å²) in [5, 5.41) is 0.826. The largest absolute Gasteiger partial charge is 0.370 e. The van der Waals surface area contributed by atoms with Crippen LogP contribution in [0.1, 0.15) is 50.9 Å². The lowest BCUT2D eigenvalue weighted by atomic mass is 9.70. The first-order chi connectivity index (χ1) is 8.80. The van der Waals surface area contributed by atoms with Crippen molar-refractivity contribution in [1.82, 2.24) is 9.97 Å². The topological polar surface area (TPSA) is 35.0 Å². The van der Waals surface area contributed by atoms with Gasteiger partial charge in [-0.15, -0.1) is 0 Å². The molecule has 1 heterocycles. The molecular formula is C14H20Cl2N2O. The molecule has 0 aromatic carbocycles. The Morgan fingerprint density at radius 2 is 1.47 bits per heavy atom. The number of aromatic nitrogens is 2. The van der Waals surface area contributed by atoms with Gasteiger partial charge in [-0.1, -0.05) is 37.0 Å². The van der Waals surface area contributed by atoms with E-state index in [0.717, 1.165) is 31.2 Å². The van der Waals surface area contributed by atoms with Crippen molar-refractivity contribution < 1.29 is 4.74 Å². The van der Waals surface area contributed by atoms with Crippen LogP contribution in [0.25, 0.3) is 0 Å². The number of rotatable bonds is 2. The number of methoxy groups -OCH3 is 1. The van der Waals surface area contributed by atoms with Gasteiger partial charge in [-0.25, -0.2) is 9.97 Å². The summed E-state index contributed by atoms with van der Waals surface area (Å²) in [6.07, 6.45) is 3.94. The Bertz CT molecular complexity index is 455. The molecule has 0 bridgehead atoms. The minimum atomic E-state index is -0.448. The molecule has 1 aliphatic carbocycles. The Hall–Kier alpha value is -0.380. The van der Waals surface area contributed by atoms with Gasteiger partial charge in [0, 0.05) is 12.7 Å². The summed E-state index contributed by atoms with van der Waals surface area (Å²) >= 11 is 12.2. The van der Waals surface area contributed by atoms with Crippen LogP contribution in [0, 0.1) is 12.3 Å². The van der Waals surface area contributed by atoms with E-state index in [4.69, 9.17) is 27.9 Å². The van der Waals surface area contributed by atoms with Gasteiger partial charge in [0.2, 0.25) is 0 Å². The van der Waals surface area contributed by atoms with Crippen LogP contribution in [0.15, 0.2) is 0 Å². The molecule has 0 spiro atoms. The molecule has 0 N–H and O–H groups in total. The van der Waals surface area contributed by atoms with Crippen LogP contribution in [0.4, 0.5) is 0 Å². The summed E-state index contributed by atoms with van der Waals surface area (Å²) in [6.45, 7) is 6.38. The average Bonchev–Trinajstić information content (AvgIpc) is 2.36. The molecule has 0 aliphatic heterocycles. The molecule has 1 aromatic rings. The van der Waals surface area contributed by atoms with Gasteiger partial charge in [0.15, 0.2) is 5.82 Å². The lowest BCUT2D eigenvalue weighted by molar-refractivity contribution is -0.0729. The van der Waals surface area contributed by atoms with Crippen LogP contribution in [0.3, 0.4) is 0 Å².